The third-order valence-electron chi connectivity index (χ3n) is 8.43. The van der Waals surface area contributed by atoms with E-state index in [0.717, 1.165) is 31.0 Å². The molecule has 1 saturated carbocycles. The van der Waals surface area contributed by atoms with Gasteiger partial charge in [0.1, 0.15) is 11.6 Å². The lowest BCUT2D eigenvalue weighted by Gasteiger charge is -2.39. The summed E-state index contributed by atoms with van der Waals surface area (Å²) < 4.78 is 63.3. The van der Waals surface area contributed by atoms with Gasteiger partial charge in [0.15, 0.2) is 11.5 Å². The minimum atomic E-state index is -3.03. The van der Waals surface area contributed by atoms with Gasteiger partial charge in [-0.25, -0.2) is 8.78 Å². The maximum atomic E-state index is 14.4. The Labute approximate surface area is 240 Å². The van der Waals surface area contributed by atoms with Gasteiger partial charge in [0.05, 0.1) is 7.11 Å². The standard InChI is InChI=1S/C32H40F4N2O3/c1-21(16-24-11-13-26(33)18-28(24)34)19-37(31(39)25-12-14-29(41-32(35)36)30(17-25)40-3)20-27-10-7-15-38(27)22(2)23-8-5-4-6-9-23/h11-14,16-18,22-23,27,32H,4-10,15,19-20H2,1-3H3/b21-16+/t22-,27?/m0/s1. The number of benzene rings is 2. The molecule has 224 valence electrons. The third-order valence-corrected chi connectivity index (χ3v) is 8.43. The Bertz CT molecular complexity index is 1220. The van der Waals surface area contributed by atoms with E-state index >= 15 is 0 Å². The van der Waals surface area contributed by atoms with Crippen LogP contribution in [0.1, 0.15) is 74.7 Å². The third kappa shape index (κ3) is 8.03. The van der Waals surface area contributed by atoms with E-state index in [4.69, 9.17) is 4.74 Å². The Morgan fingerprint density at radius 3 is 2.49 bits per heavy atom. The number of nitrogens with zero attached hydrogens (tertiary/aromatic N) is 2. The molecule has 0 radical (unpaired) electrons. The SMILES string of the molecule is COc1cc(C(=O)N(C/C(C)=C/c2ccc(F)cc2F)CC2CCCN2[C@@H](C)C2CCCCC2)ccc1OC(F)F. The van der Waals surface area contributed by atoms with Gasteiger partial charge in [-0.2, -0.15) is 8.78 Å². The number of halogens is 4. The van der Waals surface area contributed by atoms with Crippen LogP contribution in [-0.2, 0) is 0 Å². The topological polar surface area (TPSA) is 42.0 Å². The molecule has 41 heavy (non-hydrogen) atoms. The molecule has 2 aliphatic rings. The highest BCUT2D eigenvalue weighted by Crippen LogP contribution is 2.34. The molecular weight excluding hydrogens is 536 g/mol. The summed E-state index contributed by atoms with van der Waals surface area (Å²) >= 11 is 0. The molecule has 1 unspecified atom stereocenters. The second-order valence-corrected chi connectivity index (χ2v) is 11.3. The molecule has 1 aliphatic carbocycles. The summed E-state index contributed by atoms with van der Waals surface area (Å²) in [5, 5.41) is 0. The van der Waals surface area contributed by atoms with Crippen LogP contribution in [0.15, 0.2) is 42.0 Å². The smallest absolute Gasteiger partial charge is 0.387 e. The second-order valence-electron chi connectivity index (χ2n) is 11.3. The molecule has 4 rings (SSSR count). The maximum absolute atomic E-state index is 14.4. The van der Waals surface area contributed by atoms with E-state index < -0.39 is 18.2 Å². The molecule has 9 heteroatoms. The lowest BCUT2D eigenvalue weighted by molar-refractivity contribution is -0.0512. The Morgan fingerprint density at radius 2 is 1.80 bits per heavy atom. The molecule has 5 nitrogen and oxygen atoms in total. The lowest BCUT2D eigenvalue weighted by atomic mass is 9.83. The number of hydrogen-bond acceptors (Lipinski definition) is 4. The number of rotatable bonds is 11. The number of likely N-dealkylation sites (tertiary alicyclic amines) is 1. The van der Waals surface area contributed by atoms with Gasteiger partial charge in [-0.3, -0.25) is 9.69 Å². The van der Waals surface area contributed by atoms with Crippen molar-refractivity contribution in [2.45, 2.75) is 77.5 Å². The highest BCUT2D eigenvalue weighted by Gasteiger charge is 2.35. The first kappa shape index (κ1) is 30.9. The van der Waals surface area contributed by atoms with Crippen LogP contribution in [0.2, 0.25) is 0 Å². The number of ether oxygens (including phenoxy) is 2. The maximum Gasteiger partial charge on any atom is 0.387 e. The normalized spacial score (nSPS) is 19.4. The van der Waals surface area contributed by atoms with E-state index in [1.165, 1.54) is 69.5 Å². The Balaban J connectivity index is 1.60. The van der Waals surface area contributed by atoms with Crippen molar-refractivity contribution in [1.82, 2.24) is 9.80 Å². The molecule has 1 heterocycles. The van der Waals surface area contributed by atoms with E-state index in [0.29, 0.717) is 18.5 Å². The molecular formula is C32H40F4N2O3. The summed E-state index contributed by atoms with van der Waals surface area (Å²) in [6.45, 7) is 2.74. The molecule has 2 atom stereocenters. The predicted molar refractivity (Wildman–Crippen MR) is 151 cm³/mol. The summed E-state index contributed by atoms with van der Waals surface area (Å²) in [5.74, 6) is -1.11. The van der Waals surface area contributed by atoms with E-state index in [9.17, 15) is 22.4 Å². The average Bonchev–Trinajstić information content (AvgIpc) is 3.42. The van der Waals surface area contributed by atoms with Crippen molar-refractivity contribution >= 4 is 12.0 Å². The van der Waals surface area contributed by atoms with Crippen molar-refractivity contribution in [3.8, 4) is 11.5 Å². The first-order chi connectivity index (χ1) is 19.7. The number of carbonyl (C=O) groups excluding carboxylic acids is 1. The summed E-state index contributed by atoms with van der Waals surface area (Å²) in [6.07, 6.45) is 9.89. The molecule has 1 aliphatic heterocycles. The fourth-order valence-electron chi connectivity index (χ4n) is 6.36. The lowest BCUT2D eigenvalue weighted by Crippen LogP contribution is -2.48. The van der Waals surface area contributed by atoms with Gasteiger partial charge in [0, 0.05) is 42.4 Å². The summed E-state index contributed by atoms with van der Waals surface area (Å²) in [5.41, 5.74) is 1.23. The van der Waals surface area contributed by atoms with Crippen LogP contribution in [0, 0.1) is 17.6 Å². The minimum absolute atomic E-state index is 0.0326. The fourth-order valence-corrected chi connectivity index (χ4v) is 6.36. The average molecular weight is 577 g/mol. The minimum Gasteiger partial charge on any atom is -0.493 e. The van der Waals surface area contributed by atoms with Crippen LogP contribution in [0.3, 0.4) is 0 Å². The zero-order valence-electron chi connectivity index (χ0n) is 24.1. The van der Waals surface area contributed by atoms with Gasteiger partial charge in [-0.05, 0) is 82.3 Å². The zero-order valence-corrected chi connectivity index (χ0v) is 24.1. The van der Waals surface area contributed by atoms with Gasteiger partial charge in [0.2, 0.25) is 0 Å². The molecule has 1 amide bonds. The quantitative estimate of drug-likeness (QED) is 0.259. The van der Waals surface area contributed by atoms with Crippen LogP contribution < -0.4 is 9.47 Å². The van der Waals surface area contributed by atoms with Crippen molar-refractivity contribution < 1.29 is 31.8 Å². The van der Waals surface area contributed by atoms with Gasteiger partial charge >= 0.3 is 6.61 Å². The number of methoxy groups -OCH3 is 1. The van der Waals surface area contributed by atoms with Crippen molar-refractivity contribution in [1.29, 1.82) is 0 Å². The predicted octanol–water partition coefficient (Wildman–Crippen LogP) is 7.55. The summed E-state index contributed by atoms with van der Waals surface area (Å²) in [4.78, 5) is 18.2. The molecule has 0 N–H and O–H groups in total. The van der Waals surface area contributed by atoms with E-state index in [1.54, 1.807) is 17.9 Å². The van der Waals surface area contributed by atoms with Gasteiger partial charge in [0.25, 0.3) is 5.91 Å². The first-order valence-electron chi connectivity index (χ1n) is 14.5. The van der Waals surface area contributed by atoms with Crippen molar-refractivity contribution in [2.75, 3.05) is 26.7 Å². The highest BCUT2D eigenvalue weighted by atomic mass is 19.3. The monoisotopic (exact) mass is 576 g/mol. The summed E-state index contributed by atoms with van der Waals surface area (Å²) in [7, 11) is 1.33. The van der Waals surface area contributed by atoms with E-state index in [-0.39, 0.29) is 41.1 Å². The van der Waals surface area contributed by atoms with Gasteiger partial charge in [-0.15, -0.1) is 0 Å². The van der Waals surface area contributed by atoms with E-state index in [2.05, 4.69) is 16.6 Å². The number of alkyl halides is 2. The second kappa shape index (κ2) is 14.2. The Kier molecular flexibility index (Phi) is 10.7. The van der Waals surface area contributed by atoms with Crippen LogP contribution in [0.25, 0.3) is 6.08 Å². The van der Waals surface area contributed by atoms with E-state index in [1.807, 2.05) is 0 Å². The van der Waals surface area contributed by atoms with Crippen molar-refractivity contribution in [3.63, 3.8) is 0 Å². The summed E-state index contributed by atoms with van der Waals surface area (Å²) in [6, 6.07) is 8.14. The number of hydrogen-bond donors (Lipinski definition) is 0. The van der Waals surface area contributed by atoms with Crippen molar-refractivity contribution in [2.24, 2.45) is 5.92 Å². The van der Waals surface area contributed by atoms with Crippen LogP contribution >= 0.6 is 0 Å². The molecule has 0 bridgehead atoms. The van der Waals surface area contributed by atoms with Crippen molar-refractivity contribution in [3.05, 3.63) is 64.7 Å². The van der Waals surface area contributed by atoms with Gasteiger partial charge < -0.3 is 14.4 Å². The van der Waals surface area contributed by atoms with Gasteiger partial charge in [-0.1, -0.05) is 30.9 Å². The molecule has 2 aromatic carbocycles. The fraction of sp³-hybridized carbons (Fsp3) is 0.531. The number of carbonyl (C=O) groups is 1. The molecule has 0 spiro atoms. The Morgan fingerprint density at radius 1 is 1.05 bits per heavy atom. The molecule has 0 aromatic heterocycles. The molecule has 2 fully saturated rings. The van der Waals surface area contributed by atoms with Crippen LogP contribution in [0.4, 0.5) is 17.6 Å². The van der Waals surface area contributed by atoms with Crippen LogP contribution in [-0.4, -0.2) is 61.1 Å². The highest BCUT2D eigenvalue weighted by molar-refractivity contribution is 5.95. The number of amides is 1. The molecule has 1 saturated heterocycles. The van der Waals surface area contributed by atoms with Crippen LogP contribution in [0.5, 0.6) is 11.5 Å². The first-order valence-corrected chi connectivity index (χ1v) is 14.5. The molecule has 2 aromatic rings. The largest absolute Gasteiger partial charge is 0.493 e. The Hall–Kier alpha value is -3.07. The zero-order chi connectivity index (χ0) is 29.5.